The Morgan fingerprint density at radius 3 is 2.22 bits per heavy atom. The number of piperazine rings is 1. The van der Waals surface area contributed by atoms with Crippen molar-refractivity contribution < 1.29 is 17.6 Å². The highest BCUT2D eigenvalue weighted by Crippen LogP contribution is 2.20. The third-order valence-corrected chi connectivity index (χ3v) is 6.50. The van der Waals surface area contributed by atoms with Crippen molar-refractivity contribution in [2.75, 3.05) is 45.2 Å². The van der Waals surface area contributed by atoms with Crippen LogP contribution in [0.1, 0.15) is 10.4 Å². The van der Waals surface area contributed by atoms with Crippen molar-refractivity contribution in [3.63, 3.8) is 0 Å². The molecule has 8 heteroatoms. The molecule has 0 aliphatic carbocycles. The number of rotatable bonds is 4. The van der Waals surface area contributed by atoms with Crippen molar-refractivity contribution in [2.45, 2.75) is 4.90 Å². The molecule has 1 aliphatic heterocycles. The van der Waals surface area contributed by atoms with E-state index in [4.69, 9.17) is 0 Å². The molecular formula is C19H22FN3O3S. The molecule has 6 nitrogen and oxygen atoms in total. The maximum absolute atomic E-state index is 13.0. The van der Waals surface area contributed by atoms with Crippen LogP contribution < -0.4 is 4.90 Å². The summed E-state index contributed by atoms with van der Waals surface area (Å²) in [6.45, 7) is 1.04. The molecule has 0 unspecified atom stereocenters. The largest absolute Gasteiger partial charge is 0.378 e. The molecule has 1 saturated heterocycles. The Bertz CT molecular complexity index is 921. The number of amides is 1. The van der Waals surface area contributed by atoms with Crippen LogP contribution in [0.3, 0.4) is 0 Å². The lowest BCUT2D eigenvalue weighted by Gasteiger charge is -2.34. The first-order valence-electron chi connectivity index (χ1n) is 8.61. The van der Waals surface area contributed by atoms with Crippen LogP contribution >= 0.6 is 0 Å². The molecule has 1 amide bonds. The molecule has 0 N–H and O–H groups in total. The number of sulfonamides is 1. The molecule has 2 aromatic carbocycles. The van der Waals surface area contributed by atoms with Gasteiger partial charge in [-0.25, -0.2) is 12.8 Å². The third kappa shape index (κ3) is 4.12. The number of carbonyl (C=O) groups is 1. The van der Waals surface area contributed by atoms with E-state index in [9.17, 15) is 17.6 Å². The monoisotopic (exact) mass is 391 g/mol. The maximum Gasteiger partial charge on any atom is 0.254 e. The van der Waals surface area contributed by atoms with Crippen molar-refractivity contribution in [1.29, 1.82) is 0 Å². The van der Waals surface area contributed by atoms with Gasteiger partial charge in [0.25, 0.3) is 5.91 Å². The van der Waals surface area contributed by atoms with Gasteiger partial charge >= 0.3 is 0 Å². The summed E-state index contributed by atoms with van der Waals surface area (Å²) in [5.74, 6) is -0.596. The van der Waals surface area contributed by atoms with Gasteiger partial charge in [0.1, 0.15) is 5.82 Å². The smallest absolute Gasteiger partial charge is 0.254 e. The lowest BCUT2D eigenvalue weighted by Crippen LogP contribution is -2.50. The van der Waals surface area contributed by atoms with Crippen molar-refractivity contribution in [3.8, 4) is 0 Å². The summed E-state index contributed by atoms with van der Waals surface area (Å²) >= 11 is 0. The Hall–Kier alpha value is -2.45. The van der Waals surface area contributed by atoms with Crippen molar-refractivity contribution in [2.24, 2.45) is 0 Å². The normalized spacial score (nSPS) is 15.6. The fourth-order valence-corrected chi connectivity index (χ4v) is 4.41. The zero-order valence-corrected chi connectivity index (χ0v) is 16.1. The van der Waals surface area contributed by atoms with Crippen LogP contribution in [0.2, 0.25) is 0 Å². The Labute approximate surface area is 158 Å². The predicted molar refractivity (Wildman–Crippen MR) is 102 cm³/mol. The number of benzene rings is 2. The van der Waals surface area contributed by atoms with Gasteiger partial charge in [-0.3, -0.25) is 4.79 Å². The third-order valence-electron chi connectivity index (χ3n) is 4.59. The number of carbonyl (C=O) groups excluding carboxylic acids is 1. The first-order chi connectivity index (χ1) is 12.8. The van der Waals surface area contributed by atoms with E-state index in [-0.39, 0.29) is 23.9 Å². The fraction of sp³-hybridized carbons (Fsp3) is 0.316. The standard InChI is InChI=1S/C19H22FN3O3S/c1-21(2)17-5-3-4-15(14-17)19(24)22-10-12-23(13-11-22)27(25,26)18-8-6-16(20)7-9-18/h3-9,14H,10-13H2,1-2H3. The second-order valence-corrected chi connectivity index (χ2v) is 8.53. The van der Waals surface area contributed by atoms with E-state index >= 15 is 0 Å². The number of anilines is 1. The van der Waals surface area contributed by atoms with Crippen LogP contribution in [0.25, 0.3) is 0 Å². The molecule has 0 spiro atoms. The average Bonchev–Trinajstić information content (AvgIpc) is 2.68. The van der Waals surface area contributed by atoms with Gasteiger partial charge in [0.2, 0.25) is 10.0 Å². The molecule has 1 heterocycles. The number of hydrogen-bond acceptors (Lipinski definition) is 4. The summed E-state index contributed by atoms with van der Waals surface area (Å²) in [6, 6.07) is 12.1. The summed E-state index contributed by atoms with van der Waals surface area (Å²) in [5.41, 5.74) is 1.51. The van der Waals surface area contributed by atoms with Gasteiger partial charge in [-0.15, -0.1) is 0 Å². The summed E-state index contributed by atoms with van der Waals surface area (Å²) in [6.07, 6.45) is 0. The van der Waals surface area contributed by atoms with E-state index in [1.165, 1.54) is 16.4 Å². The molecule has 0 aromatic heterocycles. The summed E-state index contributed by atoms with van der Waals surface area (Å²) in [4.78, 5) is 16.4. The highest BCUT2D eigenvalue weighted by atomic mass is 32.2. The molecule has 1 aliphatic rings. The van der Waals surface area contributed by atoms with Gasteiger partial charge < -0.3 is 9.80 Å². The second-order valence-electron chi connectivity index (χ2n) is 6.59. The number of nitrogens with zero attached hydrogens (tertiary/aromatic N) is 3. The van der Waals surface area contributed by atoms with E-state index in [1.807, 2.05) is 37.2 Å². The molecule has 1 fully saturated rings. The summed E-state index contributed by atoms with van der Waals surface area (Å²) in [5, 5.41) is 0. The minimum atomic E-state index is -3.69. The highest BCUT2D eigenvalue weighted by Gasteiger charge is 2.30. The predicted octanol–water partition coefficient (Wildman–Crippen LogP) is 2.04. The van der Waals surface area contributed by atoms with Crippen LogP contribution in [0.15, 0.2) is 53.4 Å². The Morgan fingerprint density at radius 1 is 1.00 bits per heavy atom. The molecule has 27 heavy (non-hydrogen) atoms. The SMILES string of the molecule is CN(C)c1cccc(C(=O)N2CCN(S(=O)(=O)c3ccc(F)cc3)CC2)c1. The Balaban J connectivity index is 1.69. The van der Waals surface area contributed by atoms with Crippen LogP contribution in [0.4, 0.5) is 10.1 Å². The molecule has 2 aromatic rings. The lowest BCUT2D eigenvalue weighted by atomic mass is 10.1. The van der Waals surface area contributed by atoms with Crippen molar-refractivity contribution in [1.82, 2.24) is 9.21 Å². The zero-order valence-electron chi connectivity index (χ0n) is 15.3. The summed E-state index contributed by atoms with van der Waals surface area (Å²) < 4.78 is 39.7. The van der Waals surface area contributed by atoms with Crippen LogP contribution in [0, 0.1) is 5.82 Å². The first kappa shape index (κ1) is 19.3. The minimum absolute atomic E-state index is 0.0577. The van der Waals surface area contributed by atoms with Gasteiger partial charge in [0.05, 0.1) is 4.90 Å². The van der Waals surface area contributed by atoms with Crippen LogP contribution in [0.5, 0.6) is 0 Å². The van der Waals surface area contributed by atoms with Gasteiger partial charge in [-0.05, 0) is 42.5 Å². The Kier molecular flexibility index (Phi) is 5.48. The average molecular weight is 391 g/mol. The zero-order chi connectivity index (χ0) is 19.6. The highest BCUT2D eigenvalue weighted by molar-refractivity contribution is 7.89. The van der Waals surface area contributed by atoms with E-state index in [1.54, 1.807) is 11.0 Å². The minimum Gasteiger partial charge on any atom is -0.378 e. The fourth-order valence-electron chi connectivity index (χ4n) is 2.99. The maximum atomic E-state index is 13.0. The summed E-state index contributed by atoms with van der Waals surface area (Å²) in [7, 11) is 0.122. The molecule has 0 bridgehead atoms. The van der Waals surface area contributed by atoms with Crippen molar-refractivity contribution in [3.05, 3.63) is 59.9 Å². The molecule has 3 rings (SSSR count). The first-order valence-corrected chi connectivity index (χ1v) is 10.1. The van der Waals surface area contributed by atoms with E-state index < -0.39 is 15.8 Å². The van der Waals surface area contributed by atoms with Crippen LogP contribution in [-0.4, -0.2) is 63.8 Å². The quantitative estimate of drug-likeness (QED) is 0.800. The molecular weight excluding hydrogens is 369 g/mol. The van der Waals surface area contributed by atoms with Crippen molar-refractivity contribution >= 4 is 21.6 Å². The van der Waals surface area contributed by atoms with Gasteiger partial charge in [0.15, 0.2) is 0 Å². The van der Waals surface area contributed by atoms with Gasteiger partial charge in [-0.1, -0.05) is 6.07 Å². The number of halogens is 1. The molecule has 0 saturated carbocycles. The Morgan fingerprint density at radius 2 is 1.63 bits per heavy atom. The lowest BCUT2D eigenvalue weighted by molar-refractivity contribution is 0.0698. The van der Waals surface area contributed by atoms with Crippen LogP contribution in [-0.2, 0) is 10.0 Å². The van der Waals surface area contributed by atoms with Gasteiger partial charge in [0, 0.05) is 51.5 Å². The molecule has 0 atom stereocenters. The van der Waals surface area contributed by atoms with Gasteiger partial charge in [-0.2, -0.15) is 4.31 Å². The number of hydrogen-bond donors (Lipinski definition) is 0. The second kappa shape index (κ2) is 7.66. The topological polar surface area (TPSA) is 60.9 Å². The van der Waals surface area contributed by atoms with E-state index in [0.717, 1.165) is 17.8 Å². The van der Waals surface area contributed by atoms with E-state index in [2.05, 4.69) is 0 Å². The molecule has 0 radical (unpaired) electrons. The molecule has 144 valence electrons. The van der Waals surface area contributed by atoms with E-state index in [0.29, 0.717) is 18.7 Å².